The summed E-state index contributed by atoms with van der Waals surface area (Å²) in [6, 6.07) is 10.1. The van der Waals surface area contributed by atoms with Crippen molar-refractivity contribution in [2.75, 3.05) is 6.54 Å². The van der Waals surface area contributed by atoms with Gasteiger partial charge in [0.05, 0.1) is 6.54 Å². The maximum Gasteiger partial charge on any atom is 0.227 e. The van der Waals surface area contributed by atoms with Crippen LogP contribution in [-0.2, 0) is 9.53 Å². The molecule has 1 aliphatic heterocycles. The fourth-order valence-corrected chi connectivity index (χ4v) is 2.67. The highest BCUT2D eigenvalue weighted by molar-refractivity contribution is 5.79. The van der Waals surface area contributed by atoms with Crippen LogP contribution < -0.4 is 0 Å². The molecule has 0 bridgehead atoms. The Kier molecular flexibility index (Phi) is 4.59. The molecule has 1 heterocycles. The van der Waals surface area contributed by atoms with E-state index in [1.165, 1.54) is 0 Å². The van der Waals surface area contributed by atoms with Crippen molar-refractivity contribution < 1.29 is 9.53 Å². The van der Waals surface area contributed by atoms with Crippen LogP contribution >= 0.6 is 0 Å². The van der Waals surface area contributed by atoms with Crippen molar-refractivity contribution in [1.29, 1.82) is 0 Å². The lowest BCUT2D eigenvalue weighted by Gasteiger charge is -2.24. The van der Waals surface area contributed by atoms with E-state index in [2.05, 4.69) is 26.0 Å². The third kappa shape index (κ3) is 2.98. The first kappa shape index (κ1) is 14.1. The van der Waals surface area contributed by atoms with Crippen LogP contribution in [0.15, 0.2) is 30.3 Å². The van der Waals surface area contributed by atoms with E-state index in [0.717, 1.165) is 18.4 Å². The zero-order valence-electron chi connectivity index (χ0n) is 12.0. The average molecular weight is 261 g/mol. The SMILES string of the molecule is CCC(CC)C(=O)N1CC(c2ccccc2)OC1C. The van der Waals surface area contributed by atoms with E-state index >= 15 is 0 Å². The van der Waals surface area contributed by atoms with Gasteiger partial charge in [0.1, 0.15) is 12.3 Å². The molecule has 3 heteroatoms. The van der Waals surface area contributed by atoms with Gasteiger partial charge in [0, 0.05) is 5.92 Å². The molecule has 0 radical (unpaired) electrons. The Hall–Kier alpha value is -1.35. The average Bonchev–Trinajstić information content (AvgIpc) is 2.83. The Bertz CT molecular complexity index is 414. The predicted octanol–water partition coefficient (Wildman–Crippen LogP) is 3.37. The molecule has 1 fully saturated rings. The lowest BCUT2D eigenvalue weighted by Crippen LogP contribution is -2.38. The van der Waals surface area contributed by atoms with Crippen molar-refractivity contribution in [3.05, 3.63) is 35.9 Å². The molecular formula is C16H23NO2. The van der Waals surface area contributed by atoms with E-state index in [1.807, 2.05) is 30.0 Å². The molecule has 3 nitrogen and oxygen atoms in total. The van der Waals surface area contributed by atoms with E-state index in [1.54, 1.807) is 0 Å². The lowest BCUT2D eigenvalue weighted by molar-refractivity contribution is -0.140. The second-order valence-corrected chi connectivity index (χ2v) is 5.14. The summed E-state index contributed by atoms with van der Waals surface area (Å²) in [5.41, 5.74) is 1.15. The van der Waals surface area contributed by atoms with Crippen molar-refractivity contribution in [2.24, 2.45) is 5.92 Å². The molecule has 1 saturated heterocycles. The third-order valence-electron chi connectivity index (χ3n) is 3.95. The Balaban J connectivity index is 2.07. The van der Waals surface area contributed by atoms with Crippen LogP contribution in [0.1, 0.15) is 45.3 Å². The van der Waals surface area contributed by atoms with Crippen molar-refractivity contribution >= 4 is 5.91 Å². The van der Waals surface area contributed by atoms with Crippen molar-refractivity contribution in [2.45, 2.75) is 45.9 Å². The van der Waals surface area contributed by atoms with E-state index in [9.17, 15) is 4.79 Å². The minimum Gasteiger partial charge on any atom is -0.349 e. The minimum absolute atomic E-state index is 0.00881. The first-order valence-corrected chi connectivity index (χ1v) is 7.18. The molecule has 0 aliphatic carbocycles. The van der Waals surface area contributed by atoms with Crippen molar-refractivity contribution in [3.63, 3.8) is 0 Å². The van der Waals surface area contributed by atoms with E-state index in [0.29, 0.717) is 6.54 Å². The lowest BCUT2D eigenvalue weighted by atomic mass is 10.0. The molecule has 0 N–H and O–H groups in total. The van der Waals surface area contributed by atoms with Crippen LogP contribution in [0.3, 0.4) is 0 Å². The normalized spacial score (nSPS) is 23.1. The van der Waals surface area contributed by atoms with Crippen LogP contribution in [0.2, 0.25) is 0 Å². The summed E-state index contributed by atoms with van der Waals surface area (Å²) in [5, 5.41) is 0. The van der Waals surface area contributed by atoms with E-state index < -0.39 is 0 Å². The van der Waals surface area contributed by atoms with Gasteiger partial charge in [-0.25, -0.2) is 0 Å². The van der Waals surface area contributed by atoms with Gasteiger partial charge in [0.2, 0.25) is 5.91 Å². The van der Waals surface area contributed by atoms with Gasteiger partial charge in [0.25, 0.3) is 0 Å². The number of amides is 1. The summed E-state index contributed by atoms with van der Waals surface area (Å²) in [4.78, 5) is 14.3. The van der Waals surface area contributed by atoms with Gasteiger partial charge in [-0.1, -0.05) is 44.2 Å². The van der Waals surface area contributed by atoms with Crippen LogP contribution in [0.5, 0.6) is 0 Å². The number of ether oxygens (including phenoxy) is 1. The first-order valence-electron chi connectivity index (χ1n) is 7.18. The molecule has 19 heavy (non-hydrogen) atoms. The molecule has 0 spiro atoms. The van der Waals surface area contributed by atoms with Crippen LogP contribution in [0.4, 0.5) is 0 Å². The molecule has 104 valence electrons. The largest absolute Gasteiger partial charge is 0.349 e. The van der Waals surface area contributed by atoms with Gasteiger partial charge in [0.15, 0.2) is 0 Å². The first-order chi connectivity index (χ1) is 9.17. The van der Waals surface area contributed by atoms with Crippen molar-refractivity contribution in [1.82, 2.24) is 4.90 Å². The Labute approximate surface area is 115 Å². The molecule has 1 aromatic carbocycles. The fourth-order valence-electron chi connectivity index (χ4n) is 2.67. The number of benzene rings is 1. The monoisotopic (exact) mass is 261 g/mol. The number of carbonyl (C=O) groups is 1. The zero-order valence-corrected chi connectivity index (χ0v) is 12.0. The molecule has 0 saturated carbocycles. The highest BCUT2D eigenvalue weighted by Crippen LogP contribution is 2.30. The van der Waals surface area contributed by atoms with Gasteiger partial charge in [-0.05, 0) is 25.3 Å². The van der Waals surface area contributed by atoms with Crippen LogP contribution in [0.25, 0.3) is 0 Å². The number of nitrogens with zero attached hydrogens (tertiary/aromatic N) is 1. The zero-order chi connectivity index (χ0) is 13.8. The van der Waals surface area contributed by atoms with E-state index in [4.69, 9.17) is 4.74 Å². The molecule has 1 aliphatic rings. The van der Waals surface area contributed by atoms with Gasteiger partial charge in [-0.3, -0.25) is 4.79 Å². The highest BCUT2D eigenvalue weighted by Gasteiger charge is 2.35. The number of rotatable bonds is 4. The van der Waals surface area contributed by atoms with E-state index in [-0.39, 0.29) is 24.2 Å². The summed E-state index contributed by atoms with van der Waals surface area (Å²) in [6.45, 7) is 6.77. The molecule has 2 rings (SSSR count). The Morgan fingerprint density at radius 1 is 1.32 bits per heavy atom. The highest BCUT2D eigenvalue weighted by atomic mass is 16.5. The van der Waals surface area contributed by atoms with Gasteiger partial charge >= 0.3 is 0 Å². The maximum atomic E-state index is 12.4. The Morgan fingerprint density at radius 3 is 2.53 bits per heavy atom. The second kappa shape index (κ2) is 6.20. The summed E-state index contributed by atoms with van der Waals surface area (Å²) in [5.74, 6) is 0.358. The maximum absolute atomic E-state index is 12.4. The topological polar surface area (TPSA) is 29.5 Å². The number of hydrogen-bond acceptors (Lipinski definition) is 2. The molecule has 1 amide bonds. The second-order valence-electron chi connectivity index (χ2n) is 5.14. The number of carbonyl (C=O) groups excluding carboxylic acids is 1. The number of hydrogen-bond donors (Lipinski definition) is 0. The summed E-state index contributed by atoms with van der Waals surface area (Å²) >= 11 is 0. The molecule has 2 unspecified atom stereocenters. The van der Waals surface area contributed by atoms with Gasteiger partial charge < -0.3 is 9.64 Å². The van der Waals surface area contributed by atoms with Crippen LogP contribution in [0, 0.1) is 5.92 Å². The third-order valence-corrected chi connectivity index (χ3v) is 3.95. The van der Waals surface area contributed by atoms with Crippen molar-refractivity contribution in [3.8, 4) is 0 Å². The van der Waals surface area contributed by atoms with Crippen LogP contribution in [-0.4, -0.2) is 23.6 Å². The minimum atomic E-state index is -0.127. The quantitative estimate of drug-likeness (QED) is 0.831. The standard InChI is InChI=1S/C16H23NO2/c1-4-13(5-2)16(18)17-11-15(19-12(17)3)14-9-7-6-8-10-14/h6-10,12-13,15H,4-5,11H2,1-3H3. The summed E-state index contributed by atoms with van der Waals surface area (Å²) in [6.07, 6.45) is 1.68. The van der Waals surface area contributed by atoms with Gasteiger partial charge in [-0.2, -0.15) is 0 Å². The Morgan fingerprint density at radius 2 is 1.95 bits per heavy atom. The summed E-state index contributed by atoms with van der Waals surface area (Å²) in [7, 11) is 0. The molecule has 2 atom stereocenters. The smallest absolute Gasteiger partial charge is 0.227 e. The predicted molar refractivity (Wildman–Crippen MR) is 75.5 cm³/mol. The molecular weight excluding hydrogens is 238 g/mol. The molecule has 0 aromatic heterocycles. The summed E-state index contributed by atoms with van der Waals surface area (Å²) < 4.78 is 5.93. The fraction of sp³-hybridized carbons (Fsp3) is 0.562. The van der Waals surface area contributed by atoms with Gasteiger partial charge in [-0.15, -0.1) is 0 Å². The molecule has 1 aromatic rings.